The second-order valence-corrected chi connectivity index (χ2v) is 2.60. The molecule has 0 bridgehead atoms. The van der Waals surface area contributed by atoms with Crippen LogP contribution in [0.1, 0.15) is 11.5 Å². The first kappa shape index (κ1) is 11.9. The van der Waals surface area contributed by atoms with E-state index in [4.69, 9.17) is 11.5 Å². The van der Waals surface area contributed by atoms with Crippen molar-refractivity contribution in [2.24, 2.45) is 11.5 Å². The molecule has 0 spiro atoms. The van der Waals surface area contributed by atoms with Crippen molar-refractivity contribution < 1.29 is 4.79 Å². The second-order valence-electron chi connectivity index (χ2n) is 2.60. The third kappa shape index (κ3) is 3.05. The Labute approximate surface area is 83.5 Å². The molecule has 1 atom stereocenters. The monoisotopic (exact) mass is 200 g/mol. The molecule has 0 aliphatic carbocycles. The van der Waals surface area contributed by atoms with Crippen molar-refractivity contribution in [1.82, 2.24) is 0 Å². The highest BCUT2D eigenvalue weighted by Gasteiger charge is 2.14. The molecule has 3 nitrogen and oxygen atoms in total. The molecule has 4 N–H and O–H groups in total. The Bertz CT molecular complexity index is 264. The molecule has 1 aromatic carbocycles. The Morgan fingerprint density at radius 1 is 1.31 bits per heavy atom. The van der Waals surface area contributed by atoms with Gasteiger partial charge in [-0.05, 0) is 5.56 Å². The quantitative estimate of drug-likeness (QED) is 0.752. The minimum absolute atomic E-state index is 0. The molecule has 0 aromatic heterocycles. The maximum atomic E-state index is 10.9. The average molecular weight is 201 g/mol. The Hall–Kier alpha value is -1.06. The summed E-state index contributed by atoms with van der Waals surface area (Å²) in [5.74, 6) is -0.727. The van der Waals surface area contributed by atoms with Crippen LogP contribution in [-0.2, 0) is 4.79 Å². The molecular weight excluding hydrogens is 188 g/mol. The fourth-order valence-electron chi connectivity index (χ4n) is 1.10. The molecule has 4 heteroatoms. The van der Waals surface area contributed by atoms with E-state index in [0.29, 0.717) is 0 Å². The van der Waals surface area contributed by atoms with Crippen LogP contribution >= 0.6 is 12.4 Å². The first-order valence-electron chi connectivity index (χ1n) is 3.80. The van der Waals surface area contributed by atoms with E-state index in [9.17, 15) is 4.79 Å². The lowest BCUT2D eigenvalue weighted by Crippen LogP contribution is -2.27. The molecule has 0 heterocycles. The molecule has 0 aliphatic rings. The average Bonchev–Trinajstić information content (AvgIpc) is 2.07. The van der Waals surface area contributed by atoms with Crippen molar-refractivity contribution in [1.29, 1.82) is 0 Å². The molecule has 1 unspecified atom stereocenters. The molecule has 0 fully saturated rings. The summed E-state index contributed by atoms with van der Waals surface area (Å²) in [5, 5.41) is 0. The number of hydrogen-bond acceptors (Lipinski definition) is 2. The summed E-state index contributed by atoms with van der Waals surface area (Å²) in [4.78, 5) is 10.9. The van der Waals surface area contributed by atoms with Crippen LogP contribution in [-0.4, -0.2) is 12.5 Å². The number of benzene rings is 1. The molecule has 1 aromatic rings. The van der Waals surface area contributed by atoms with Gasteiger partial charge in [-0.2, -0.15) is 0 Å². The lowest BCUT2D eigenvalue weighted by atomic mass is 9.99. The molecular formula is C9H13ClN2O. The van der Waals surface area contributed by atoms with Gasteiger partial charge in [0.1, 0.15) is 0 Å². The minimum Gasteiger partial charge on any atom is -0.369 e. The third-order valence-electron chi connectivity index (χ3n) is 1.78. The van der Waals surface area contributed by atoms with Crippen molar-refractivity contribution in [2.75, 3.05) is 6.54 Å². The minimum atomic E-state index is -0.372. The zero-order chi connectivity index (χ0) is 8.97. The first-order chi connectivity index (χ1) is 5.75. The Morgan fingerprint density at radius 3 is 2.23 bits per heavy atom. The zero-order valence-corrected chi connectivity index (χ0v) is 7.96. The van der Waals surface area contributed by atoms with Crippen LogP contribution in [0, 0.1) is 0 Å². The van der Waals surface area contributed by atoms with Crippen LogP contribution in [0.3, 0.4) is 0 Å². The van der Waals surface area contributed by atoms with Gasteiger partial charge < -0.3 is 11.5 Å². The highest BCUT2D eigenvalue weighted by atomic mass is 35.5. The van der Waals surface area contributed by atoms with Crippen LogP contribution in [0.2, 0.25) is 0 Å². The highest BCUT2D eigenvalue weighted by Crippen LogP contribution is 2.12. The topological polar surface area (TPSA) is 69.1 Å². The van der Waals surface area contributed by atoms with Gasteiger partial charge in [-0.3, -0.25) is 4.79 Å². The molecule has 0 saturated carbocycles. The summed E-state index contributed by atoms with van der Waals surface area (Å²) < 4.78 is 0. The van der Waals surface area contributed by atoms with Crippen molar-refractivity contribution in [3.63, 3.8) is 0 Å². The van der Waals surface area contributed by atoms with E-state index in [-0.39, 0.29) is 30.8 Å². The number of nitrogens with two attached hydrogens (primary N) is 2. The van der Waals surface area contributed by atoms with Gasteiger partial charge in [0.05, 0.1) is 5.92 Å². The van der Waals surface area contributed by atoms with E-state index >= 15 is 0 Å². The summed E-state index contributed by atoms with van der Waals surface area (Å²) in [7, 11) is 0. The normalized spacial score (nSPS) is 11.5. The van der Waals surface area contributed by atoms with Crippen molar-refractivity contribution in [2.45, 2.75) is 5.92 Å². The number of carbonyl (C=O) groups is 1. The fourth-order valence-corrected chi connectivity index (χ4v) is 1.10. The standard InChI is InChI=1S/C9H12N2O.ClH/c10-6-8(9(11)12)7-4-2-1-3-5-7;/h1-5,8H,6,10H2,(H2,11,12);1H. The van der Waals surface area contributed by atoms with E-state index in [1.54, 1.807) is 0 Å². The summed E-state index contributed by atoms with van der Waals surface area (Å²) in [5.41, 5.74) is 11.4. The Kier molecular flexibility index (Phi) is 5.11. The van der Waals surface area contributed by atoms with Crippen LogP contribution in [0.25, 0.3) is 0 Å². The molecule has 0 radical (unpaired) electrons. The molecule has 1 rings (SSSR count). The summed E-state index contributed by atoms with van der Waals surface area (Å²) in [6.07, 6.45) is 0. The maximum Gasteiger partial charge on any atom is 0.226 e. The molecule has 0 aliphatic heterocycles. The van der Waals surface area contributed by atoms with E-state index in [1.807, 2.05) is 30.3 Å². The van der Waals surface area contributed by atoms with Crippen LogP contribution in [0.4, 0.5) is 0 Å². The number of rotatable bonds is 3. The molecule has 0 saturated heterocycles. The van der Waals surface area contributed by atoms with Crippen LogP contribution in [0.5, 0.6) is 0 Å². The second kappa shape index (κ2) is 5.56. The van der Waals surface area contributed by atoms with Crippen LogP contribution < -0.4 is 11.5 Å². The van der Waals surface area contributed by atoms with Gasteiger partial charge in [0.25, 0.3) is 0 Å². The highest BCUT2D eigenvalue weighted by molar-refractivity contribution is 5.85. The van der Waals surface area contributed by atoms with Gasteiger partial charge in [0.2, 0.25) is 5.91 Å². The van der Waals surface area contributed by atoms with Gasteiger partial charge in [-0.1, -0.05) is 30.3 Å². The van der Waals surface area contributed by atoms with E-state index < -0.39 is 0 Å². The van der Waals surface area contributed by atoms with Gasteiger partial charge in [0, 0.05) is 6.54 Å². The molecule has 1 amide bonds. The van der Waals surface area contributed by atoms with Gasteiger partial charge in [0.15, 0.2) is 0 Å². The molecule has 13 heavy (non-hydrogen) atoms. The summed E-state index contributed by atoms with van der Waals surface area (Å²) in [6, 6.07) is 9.31. The number of carbonyl (C=O) groups excluding carboxylic acids is 1. The predicted molar refractivity (Wildman–Crippen MR) is 54.7 cm³/mol. The number of hydrogen-bond donors (Lipinski definition) is 2. The largest absolute Gasteiger partial charge is 0.369 e. The van der Waals surface area contributed by atoms with Gasteiger partial charge in [-0.25, -0.2) is 0 Å². The predicted octanol–water partition coefficient (Wildman–Crippen LogP) is 0.636. The lowest BCUT2D eigenvalue weighted by Gasteiger charge is -2.09. The molecule has 72 valence electrons. The van der Waals surface area contributed by atoms with Crippen molar-refractivity contribution >= 4 is 18.3 Å². The van der Waals surface area contributed by atoms with E-state index in [2.05, 4.69) is 0 Å². The number of primary amides is 1. The van der Waals surface area contributed by atoms with Crippen molar-refractivity contribution in [3.05, 3.63) is 35.9 Å². The maximum absolute atomic E-state index is 10.9. The fraction of sp³-hybridized carbons (Fsp3) is 0.222. The Morgan fingerprint density at radius 2 is 1.85 bits per heavy atom. The first-order valence-corrected chi connectivity index (χ1v) is 3.80. The van der Waals surface area contributed by atoms with Crippen LogP contribution in [0.15, 0.2) is 30.3 Å². The van der Waals surface area contributed by atoms with Crippen molar-refractivity contribution in [3.8, 4) is 0 Å². The van der Waals surface area contributed by atoms with E-state index in [0.717, 1.165) is 5.56 Å². The Balaban J connectivity index is 0.00000144. The lowest BCUT2D eigenvalue weighted by molar-refractivity contribution is -0.119. The van der Waals surface area contributed by atoms with Gasteiger partial charge >= 0.3 is 0 Å². The zero-order valence-electron chi connectivity index (χ0n) is 7.14. The van der Waals surface area contributed by atoms with E-state index in [1.165, 1.54) is 0 Å². The summed E-state index contributed by atoms with van der Waals surface area (Å²) in [6.45, 7) is 0.263. The van der Waals surface area contributed by atoms with Gasteiger partial charge in [-0.15, -0.1) is 12.4 Å². The smallest absolute Gasteiger partial charge is 0.226 e. The number of halogens is 1. The SMILES string of the molecule is Cl.NCC(C(N)=O)c1ccccc1. The third-order valence-corrected chi connectivity index (χ3v) is 1.78. The number of amides is 1. The summed E-state index contributed by atoms with van der Waals surface area (Å²) >= 11 is 0.